The molecule has 0 amide bonds. The van der Waals surface area contributed by atoms with Crippen LogP contribution in [0, 0.1) is 0 Å². The van der Waals surface area contributed by atoms with E-state index in [-0.39, 0.29) is 31.7 Å². The minimum Gasteiger partial charge on any atom is -0.394 e. The molecule has 1 fully saturated rings. The van der Waals surface area contributed by atoms with E-state index in [2.05, 4.69) is 6.92 Å². The summed E-state index contributed by atoms with van der Waals surface area (Å²) in [6, 6.07) is 0. The summed E-state index contributed by atoms with van der Waals surface area (Å²) in [6.45, 7) is 2.28. The van der Waals surface area contributed by atoms with Crippen LogP contribution >= 0.6 is 0 Å². The molecular weight excluding hydrogens is 332 g/mol. The van der Waals surface area contributed by atoms with Crippen molar-refractivity contribution in [3.63, 3.8) is 0 Å². The highest BCUT2D eigenvalue weighted by Crippen LogP contribution is 2.28. The summed E-state index contributed by atoms with van der Waals surface area (Å²) in [6.07, 6.45) is 14.8. The molecule has 0 radical (unpaired) electrons. The largest absolute Gasteiger partial charge is 0.394 e. The Morgan fingerprint density at radius 3 is 2.08 bits per heavy atom. The summed E-state index contributed by atoms with van der Waals surface area (Å²) in [5, 5.41) is 18.8. The van der Waals surface area contributed by atoms with E-state index >= 15 is 0 Å². The van der Waals surface area contributed by atoms with Crippen LogP contribution in [0.25, 0.3) is 0 Å². The molecule has 1 aliphatic heterocycles. The molecule has 0 spiro atoms. The first kappa shape index (κ1) is 23.8. The molecule has 1 heterocycles. The first-order valence-corrected chi connectivity index (χ1v) is 10.8. The van der Waals surface area contributed by atoms with Crippen molar-refractivity contribution in [1.82, 2.24) is 0 Å². The Morgan fingerprint density at radius 1 is 0.923 bits per heavy atom. The van der Waals surface area contributed by atoms with Crippen molar-refractivity contribution in [2.45, 2.75) is 115 Å². The lowest BCUT2D eigenvalue weighted by molar-refractivity contribution is -0.140. The van der Waals surface area contributed by atoms with Gasteiger partial charge in [-0.2, -0.15) is 0 Å². The summed E-state index contributed by atoms with van der Waals surface area (Å²) in [7, 11) is 1.63. The third kappa shape index (κ3) is 10.2. The number of hydrogen-bond donors (Lipinski definition) is 2. The summed E-state index contributed by atoms with van der Waals surface area (Å²) in [4.78, 5) is 0. The summed E-state index contributed by atoms with van der Waals surface area (Å²) in [5.41, 5.74) is 0. The van der Waals surface area contributed by atoms with Gasteiger partial charge in [-0.3, -0.25) is 0 Å². The SMILES string of the molecule is CCCCCCCCCCCC[C@@H](OCOC)[C@H]1CC[C@H]([C@H](O)CO)O1. The molecule has 0 aliphatic carbocycles. The highest BCUT2D eigenvalue weighted by molar-refractivity contribution is 4.83. The van der Waals surface area contributed by atoms with Crippen molar-refractivity contribution >= 4 is 0 Å². The Balaban J connectivity index is 2.14. The molecule has 1 rings (SSSR count). The van der Waals surface area contributed by atoms with Gasteiger partial charge in [0.1, 0.15) is 12.9 Å². The molecule has 0 aromatic rings. The number of rotatable bonds is 17. The molecule has 156 valence electrons. The minimum absolute atomic E-state index is 0.00471. The van der Waals surface area contributed by atoms with Gasteiger partial charge in [-0.1, -0.05) is 71.1 Å². The van der Waals surface area contributed by atoms with E-state index in [1.54, 1.807) is 7.11 Å². The average Bonchev–Trinajstić information content (AvgIpc) is 3.15. The van der Waals surface area contributed by atoms with Crippen LogP contribution in [0.4, 0.5) is 0 Å². The maximum atomic E-state index is 9.76. The normalized spacial score (nSPS) is 22.6. The summed E-state index contributed by atoms with van der Waals surface area (Å²) >= 11 is 0. The molecular formula is C21H42O5. The molecule has 1 aliphatic rings. The number of unbranched alkanes of at least 4 members (excludes halogenated alkanes) is 9. The van der Waals surface area contributed by atoms with Crippen LogP contribution in [-0.4, -0.2) is 55.1 Å². The lowest BCUT2D eigenvalue weighted by Gasteiger charge is -2.25. The fourth-order valence-corrected chi connectivity index (χ4v) is 3.73. The van der Waals surface area contributed by atoms with Gasteiger partial charge in [-0.15, -0.1) is 0 Å². The molecule has 5 heteroatoms. The van der Waals surface area contributed by atoms with Gasteiger partial charge in [-0.05, 0) is 19.3 Å². The number of aliphatic hydroxyl groups is 2. The second-order valence-electron chi connectivity index (χ2n) is 7.62. The fourth-order valence-electron chi connectivity index (χ4n) is 3.73. The lowest BCUT2D eigenvalue weighted by Crippen LogP contribution is -2.34. The van der Waals surface area contributed by atoms with Crippen molar-refractivity contribution in [2.75, 3.05) is 20.5 Å². The number of ether oxygens (including phenoxy) is 3. The Kier molecular flexibility index (Phi) is 14.5. The first-order valence-electron chi connectivity index (χ1n) is 10.8. The van der Waals surface area contributed by atoms with Gasteiger partial charge in [0.25, 0.3) is 0 Å². The van der Waals surface area contributed by atoms with Crippen molar-refractivity contribution in [3.05, 3.63) is 0 Å². The van der Waals surface area contributed by atoms with Crippen LogP contribution in [0.2, 0.25) is 0 Å². The van der Waals surface area contributed by atoms with Crippen LogP contribution < -0.4 is 0 Å². The third-order valence-corrected chi connectivity index (χ3v) is 5.36. The van der Waals surface area contributed by atoms with E-state index < -0.39 is 6.10 Å². The van der Waals surface area contributed by atoms with Gasteiger partial charge in [0.15, 0.2) is 0 Å². The maximum absolute atomic E-state index is 9.76. The minimum atomic E-state index is -0.791. The second-order valence-corrected chi connectivity index (χ2v) is 7.62. The second kappa shape index (κ2) is 15.8. The number of hydrogen-bond acceptors (Lipinski definition) is 5. The smallest absolute Gasteiger partial charge is 0.146 e. The van der Waals surface area contributed by atoms with Gasteiger partial charge in [-0.25, -0.2) is 0 Å². The quantitative estimate of drug-likeness (QED) is 0.295. The zero-order valence-electron chi connectivity index (χ0n) is 17.0. The Morgan fingerprint density at radius 2 is 1.50 bits per heavy atom. The standard InChI is InChI=1S/C21H42O5/c1-3-4-5-6-7-8-9-10-11-12-13-20(25-17-24-2)21-15-14-19(26-21)18(23)16-22/h18-23H,3-17H2,1-2H3/t18-,19-,20-,21-/m1/s1. The van der Waals surface area contributed by atoms with Crippen LogP contribution in [0.3, 0.4) is 0 Å². The molecule has 1 saturated heterocycles. The molecule has 0 saturated carbocycles. The number of aliphatic hydroxyl groups excluding tert-OH is 2. The van der Waals surface area contributed by atoms with E-state index in [4.69, 9.17) is 19.3 Å². The van der Waals surface area contributed by atoms with Crippen LogP contribution in [0.5, 0.6) is 0 Å². The molecule has 26 heavy (non-hydrogen) atoms. The molecule has 0 aromatic carbocycles. The Labute approximate surface area is 160 Å². The predicted molar refractivity (Wildman–Crippen MR) is 104 cm³/mol. The summed E-state index contributed by atoms with van der Waals surface area (Å²) in [5.74, 6) is 0. The summed E-state index contributed by atoms with van der Waals surface area (Å²) < 4.78 is 16.8. The van der Waals surface area contributed by atoms with Gasteiger partial charge < -0.3 is 24.4 Å². The molecule has 0 unspecified atom stereocenters. The van der Waals surface area contributed by atoms with Crippen LogP contribution in [-0.2, 0) is 14.2 Å². The first-order chi connectivity index (χ1) is 12.7. The fraction of sp³-hybridized carbons (Fsp3) is 1.00. The van der Waals surface area contributed by atoms with Gasteiger partial charge in [0, 0.05) is 7.11 Å². The van der Waals surface area contributed by atoms with E-state index in [1.165, 1.54) is 57.8 Å². The topological polar surface area (TPSA) is 68.2 Å². The Bertz CT molecular complexity index is 313. The highest BCUT2D eigenvalue weighted by atomic mass is 16.7. The highest BCUT2D eigenvalue weighted by Gasteiger charge is 2.35. The van der Waals surface area contributed by atoms with Gasteiger partial charge in [0.05, 0.1) is 24.9 Å². The van der Waals surface area contributed by atoms with Crippen LogP contribution in [0.15, 0.2) is 0 Å². The van der Waals surface area contributed by atoms with Crippen molar-refractivity contribution in [3.8, 4) is 0 Å². The Hall–Kier alpha value is -0.200. The van der Waals surface area contributed by atoms with E-state index in [1.807, 2.05) is 0 Å². The van der Waals surface area contributed by atoms with Crippen molar-refractivity contribution in [2.24, 2.45) is 0 Å². The van der Waals surface area contributed by atoms with Crippen molar-refractivity contribution < 1.29 is 24.4 Å². The predicted octanol–water partition coefficient (Wildman–Crippen LogP) is 4.19. The zero-order chi connectivity index (χ0) is 19.0. The lowest BCUT2D eigenvalue weighted by atomic mass is 10.0. The molecule has 4 atom stereocenters. The van der Waals surface area contributed by atoms with Gasteiger partial charge in [0.2, 0.25) is 0 Å². The van der Waals surface area contributed by atoms with Crippen molar-refractivity contribution in [1.29, 1.82) is 0 Å². The molecule has 5 nitrogen and oxygen atoms in total. The van der Waals surface area contributed by atoms with E-state index in [0.29, 0.717) is 0 Å². The molecule has 0 bridgehead atoms. The van der Waals surface area contributed by atoms with E-state index in [0.717, 1.165) is 25.7 Å². The molecule has 2 N–H and O–H groups in total. The average molecular weight is 375 g/mol. The maximum Gasteiger partial charge on any atom is 0.146 e. The number of methoxy groups -OCH3 is 1. The van der Waals surface area contributed by atoms with Crippen LogP contribution in [0.1, 0.15) is 90.4 Å². The molecule has 0 aromatic heterocycles. The third-order valence-electron chi connectivity index (χ3n) is 5.36. The van der Waals surface area contributed by atoms with Gasteiger partial charge >= 0.3 is 0 Å². The monoisotopic (exact) mass is 374 g/mol. The van der Waals surface area contributed by atoms with E-state index in [9.17, 15) is 5.11 Å². The zero-order valence-corrected chi connectivity index (χ0v) is 17.0.